The van der Waals surface area contributed by atoms with E-state index >= 15 is 0 Å². The van der Waals surface area contributed by atoms with E-state index < -0.39 is 0 Å². The van der Waals surface area contributed by atoms with Gasteiger partial charge in [-0.15, -0.1) is 0 Å². The second-order valence-corrected chi connectivity index (χ2v) is 9.42. The Bertz CT molecular complexity index is 1030. The molecule has 32 heavy (non-hydrogen) atoms. The van der Waals surface area contributed by atoms with Crippen LogP contribution in [-0.4, -0.2) is 35.3 Å². The molecule has 1 aliphatic heterocycles. The highest BCUT2D eigenvalue weighted by atomic mass is 16.1. The van der Waals surface area contributed by atoms with Crippen molar-refractivity contribution in [1.82, 2.24) is 9.88 Å². The molecule has 1 aromatic heterocycles. The molecule has 3 nitrogen and oxygen atoms in total. The number of unbranched alkanes of at least 4 members (excludes halogenated alkanes) is 3. The minimum absolute atomic E-state index is 0.150. The molecule has 0 amide bonds. The maximum atomic E-state index is 13.4. The fraction of sp³-hybridized carbons (Fsp3) is 0.483. The number of nitrogens with one attached hydrogen (secondary N) is 1. The van der Waals surface area contributed by atoms with Crippen LogP contribution in [-0.2, 0) is 6.42 Å². The van der Waals surface area contributed by atoms with Gasteiger partial charge >= 0.3 is 0 Å². The number of aromatic amines is 1. The van der Waals surface area contributed by atoms with Crippen LogP contribution in [0.5, 0.6) is 0 Å². The lowest BCUT2D eigenvalue weighted by Gasteiger charge is -2.32. The number of hydrogen-bond acceptors (Lipinski definition) is 2. The average molecular weight is 431 g/mol. The minimum Gasteiger partial charge on any atom is -0.361 e. The van der Waals surface area contributed by atoms with E-state index in [1.807, 2.05) is 24.3 Å². The van der Waals surface area contributed by atoms with Crippen molar-refractivity contribution in [3.63, 3.8) is 0 Å². The zero-order valence-corrected chi connectivity index (χ0v) is 19.8. The molecule has 3 aromatic rings. The number of piperidine rings is 1. The van der Waals surface area contributed by atoms with Crippen molar-refractivity contribution >= 4 is 16.7 Å². The smallest absolute Gasteiger partial charge is 0.193 e. The van der Waals surface area contributed by atoms with Gasteiger partial charge in [0, 0.05) is 28.2 Å². The number of hydrogen-bond donors (Lipinski definition) is 1. The second kappa shape index (κ2) is 11.0. The molecular weight excluding hydrogens is 392 g/mol. The Kier molecular flexibility index (Phi) is 7.81. The molecule has 0 spiro atoms. The molecule has 0 aliphatic carbocycles. The summed E-state index contributed by atoms with van der Waals surface area (Å²) in [5.74, 6) is 0.727. The predicted octanol–water partition coefficient (Wildman–Crippen LogP) is 7.11. The summed E-state index contributed by atoms with van der Waals surface area (Å²) >= 11 is 0. The number of carbonyl (C=O) groups excluding carboxylic acids is 1. The zero-order chi connectivity index (χ0) is 22.3. The van der Waals surface area contributed by atoms with Crippen LogP contribution in [0.3, 0.4) is 0 Å². The van der Waals surface area contributed by atoms with Gasteiger partial charge in [0.25, 0.3) is 0 Å². The number of rotatable bonds is 10. The van der Waals surface area contributed by atoms with Gasteiger partial charge < -0.3 is 9.88 Å². The Labute approximate surface area is 193 Å². The third-order valence-corrected chi connectivity index (χ3v) is 7.14. The third-order valence-electron chi connectivity index (χ3n) is 7.14. The van der Waals surface area contributed by atoms with Crippen molar-refractivity contribution in [3.8, 4) is 0 Å². The van der Waals surface area contributed by atoms with Crippen LogP contribution in [0, 0.1) is 0 Å². The molecule has 170 valence electrons. The number of ketones is 1. The summed E-state index contributed by atoms with van der Waals surface area (Å²) in [5, 5.41) is 1.23. The molecule has 1 saturated heterocycles. The van der Waals surface area contributed by atoms with Gasteiger partial charge in [-0.2, -0.15) is 0 Å². The number of aryl methyl sites for hydroxylation is 1. The molecule has 0 unspecified atom stereocenters. The summed E-state index contributed by atoms with van der Waals surface area (Å²) in [7, 11) is 0. The summed E-state index contributed by atoms with van der Waals surface area (Å²) in [6.45, 7) is 8.08. The van der Waals surface area contributed by atoms with Gasteiger partial charge in [0.1, 0.15) is 0 Å². The maximum absolute atomic E-state index is 13.4. The van der Waals surface area contributed by atoms with Crippen LogP contribution < -0.4 is 0 Å². The Morgan fingerprint density at radius 1 is 1.00 bits per heavy atom. The summed E-state index contributed by atoms with van der Waals surface area (Å²) in [5.41, 5.74) is 5.37. The van der Waals surface area contributed by atoms with Gasteiger partial charge in [0.05, 0.1) is 0 Å². The van der Waals surface area contributed by atoms with E-state index in [1.165, 1.54) is 68.3 Å². The van der Waals surface area contributed by atoms with E-state index in [0.29, 0.717) is 5.92 Å². The Morgan fingerprint density at radius 2 is 1.78 bits per heavy atom. The quantitative estimate of drug-likeness (QED) is 0.275. The van der Waals surface area contributed by atoms with E-state index in [2.05, 4.69) is 48.1 Å². The number of benzene rings is 2. The first-order chi connectivity index (χ1) is 15.7. The van der Waals surface area contributed by atoms with E-state index in [-0.39, 0.29) is 5.78 Å². The lowest BCUT2D eigenvalue weighted by Crippen LogP contribution is -2.33. The largest absolute Gasteiger partial charge is 0.361 e. The molecule has 2 heterocycles. The molecule has 0 atom stereocenters. The summed E-state index contributed by atoms with van der Waals surface area (Å²) in [6, 6.07) is 14.3. The topological polar surface area (TPSA) is 36.1 Å². The highest BCUT2D eigenvalue weighted by Gasteiger charge is 2.23. The Hall–Kier alpha value is -2.39. The second-order valence-electron chi connectivity index (χ2n) is 9.42. The highest BCUT2D eigenvalue weighted by Crippen LogP contribution is 2.34. The molecule has 0 bridgehead atoms. The van der Waals surface area contributed by atoms with Gasteiger partial charge in [0.15, 0.2) is 5.78 Å². The number of H-pyrrole nitrogens is 1. The van der Waals surface area contributed by atoms with Gasteiger partial charge in [-0.1, -0.05) is 57.4 Å². The van der Waals surface area contributed by atoms with Gasteiger partial charge in [-0.05, 0) is 87.0 Å². The van der Waals surface area contributed by atoms with Crippen LogP contribution in [0.1, 0.15) is 91.8 Å². The van der Waals surface area contributed by atoms with Gasteiger partial charge in [-0.25, -0.2) is 0 Å². The number of likely N-dealkylation sites (tertiary alicyclic amines) is 1. The van der Waals surface area contributed by atoms with Crippen molar-refractivity contribution in [2.75, 3.05) is 19.6 Å². The Balaban J connectivity index is 1.52. The first-order valence-electron chi connectivity index (χ1n) is 12.7. The average Bonchev–Trinajstić information content (AvgIpc) is 3.26. The van der Waals surface area contributed by atoms with Gasteiger partial charge in [0.2, 0.25) is 0 Å². The van der Waals surface area contributed by atoms with E-state index in [1.54, 1.807) is 0 Å². The number of carbonyl (C=O) groups is 1. The molecular formula is C29H38N2O. The van der Waals surface area contributed by atoms with Crippen molar-refractivity contribution < 1.29 is 4.79 Å². The Morgan fingerprint density at radius 3 is 2.56 bits per heavy atom. The minimum atomic E-state index is 0.150. The normalized spacial score (nSPS) is 15.4. The predicted molar refractivity (Wildman–Crippen MR) is 135 cm³/mol. The zero-order valence-electron chi connectivity index (χ0n) is 19.8. The molecule has 3 heteroatoms. The van der Waals surface area contributed by atoms with Crippen LogP contribution in [0.2, 0.25) is 0 Å². The molecule has 4 rings (SSSR count). The molecule has 0 radical (unpaired) electrons. The summed E-state index contributed by atoms with van der Waals surface area (Å²) in [4.78, 5) is 19.5. The van der Waals surface area contributed by atoms with Crippen LogP contribution in [0.15, 0.2) is 48.7 Å². The van der Waals surface area contributed by atoms with Crippen molar-refractivity contribution in [2.45, 2.75) is 71.1 Å². The first-order valence-corrected chi connectivity index (χ1v) is 12.7. The maximum Gasteiger partial charge on any atom is 0.193 e. The van der Waals surface area contributed by atoms with Gasteiger partial charge in [-0.3, -0.25) is 4.79 Å². The summed E-state index contributed by atoms with van der Waals surface area (Å²) < 4.78 is 0. The van der Waals surface area contributed by atoms with Crippen molar-refractivity contribution in [1.29, 1.82) is 0 Å². The molecule has 0 saturated carbocycles. The lowest BCUT2D eigenvalue weighted by atomic mass is 9.88. The van der Waals surface area contributed by atoms with E-state index in [0.717, 1.165) is 35.9 Å². The fourth-order valence-corrected chi connectivity index (χ4v) is 5.16. The molecule has 1 aliphatic rings. The van der Waals surface area contributed by atoms with E-state index in [4.69, 9.17) is 0 Å². The third kappa shape index (κ3) is 5.15. The SMILES string of the molecule is CCCCCN1CCC(c2c[nH]c3ccc(C(=O)c4ccccc4CCCC)cc23)CC1. The molecule has 1 fully saturated rings. The number of fused-ring (bicyclic) bond motifs is 1. The number of aromatic nitrogens is 1. The van der Waals surface area contributed by atoms with Crippen LogP contribution in [0.4, 0.5) is 0 Å². The van der Waals surface area contributed by atoms with Crippen molar-refractivity contribution in [3.05, 3.63) is 70.9 Å². The molecule has 2 aromatic carbocycles. The van der Waals surface area contributed by atoms with Crippen LogP contribution in [0.25, 0.3) is 10.9 Å². The van der Waals surface area contributed by atoms with E-state index in [9.17, 15) is 4.79 Å². The number of nitrogens with zero attached hydrogens (tertiary/aromatic N) is 1. The lowest BCUT2D eigenvalue weighted by molar-refractivity contribution is 0.103. The molecule has 1 N–H and O–H groups in total. The monoisotopic (exact) mass is 430 g/mol. The summed E-state index contributed by atoms with van der Waals surface area (Å²) in [6.07, 6.45) is 11.8. The van der Waals surface area contributed by atoms with Crippen LogP contribution >= 0.6 is 0 Å². The first kappa shape index (κ1) is 22.8. The fourth-order valence-electron chi connectivity index (χ4n) is 5.16. The standard InChI is InChI=1S/C29H38N2O/c1-3-5-9-17-31-18-15-23(16-19-31)27-21-30-28-14-13-24(20-26(27)28)29(32)25-12-8-7-11-22(25)10-6-4-2/h7-8,11-14,20-21,23,30H,3-6,9-10,15-19H2,1-2H3. The van der Waals surface area contributed by atoms with Crippen molar-refractivity contribution in [2.24, 2.45) is 0 Å². The highest BCUT2D eigenvalue weighted by molar-refractivity contribution is 6.11.